The Labute approximate surface area is 135 Å². The van der Waals surface area contributed by atoms with Crippen LogP contribution in [-0.2, 0) is 10.0 Å². The zero-order chi connectivity index (χ0) is 15.1. The molecule has 0 bridgehead atoms. The Kier molecular flexibility index (Phi) is 4.60. The van der Waals surface area contributed by atoms with Crippen LogP contribution in [0.2, 0.25) is 8.67 Å². The monoisotopic (exact) mass is 421 g/mol. The van der Waals surface area contributed by atoms with E-state index in [0.29, 0.717) is 0 Å². The Morgan fingerprint density at radius 3 is 2.15 bits per heavy atom. The lowest BCUT2D eigenvalue weighted by Crippen LogP contribution is -2.15. The van der Waals surface area contributed by atoms with E-state index >= 15 is 0 Å². The Bertz CT molecular complexity index is 757. The molecule has 0 saturated carbocycles. The molecule has 10 heteroatoms. The van der Waals surface area contributed by atoms with Crippen LogP contribution in [0, 0.1) is 11.6 Å². The molecule has 0 amide bonds. The highest BCUT2D eigenvalue weighted by Gasteiger charge is 2.24. The Morgan fingerprint density at radius 1 is 1.15 bits per heavy atom. The van der Waals surface area contributed by atoms with Crippen molar-refractivity contribution in [1.82, 2.24) is 0 Å². The summed E-state index contributed by atoms with van der Waals surface area (Å²) in [5.41, 5.74) is -0.786. The lowest BCUT2D eigenvalue weighted by Gasteiger charge is -2.09. The summed E-state index contributed by atoms with van der Waals surface area (Å²) in [6, 6.07) is 2.97. The summed E-state index contributed by atoms with van der Waals surface area (Å²) < 4.78 is 53.3. The highest BCUT2D eigenvalue weighted by atomic mass is 79.9. The standard InChI is InChI=1S/C10H4BrCl2F2NO2S2/c11-4-1-5(14)9(6(15)2-4)16-20(17,18)7-3-8(12)19-10(7)13/h1-3,16H. The van der Waals surface area contributed by atoms with Gasteiger partial charge in [0.15, 0.2) is 11.6 Å². The maximum atomic E-state index is 13.6. The maximum absolute atomic E-state index is 13.6. The molecule has 0 aliphatic carbocycles. The van der Waals surface area contributed by atoms with Gasteiger partial charge in [0.1, 0.15) is 14.9 Å². The molecule has 0 aliphatic heterocycles. The fourth-order valence-corrected chi connectivity index (χ4v) is 4.97. The summed E-state index contributed by atoms with van der Waals surface area (Å²) in [4.78, 5) is -0.337. The van der Waals surface area contributed by atoms with E-state index in [1.165, 1.54) is 0 Å². The maximum Gasteiger partial charge on any atom is 0.264 e. The van der Waals surface area contributed by atoms with Gasteiger partial charge in [0.2, 0.25) is 0 Å². The molecule has 1 heterocycles. The molecule has 20 heavy (non-hydrogen) atoms. The molecule has 2 aromatic rings. The number of thiophene rings is 1. The summed E-state index contributed by atoms with van der Waals surface area (Å²) in [7, 11) is -4.23. The lowest BCUT2D eigenvalue weighted by atomic mass is 10.3. The SMILES string of the molecule is O=S(=O)(Nc1c(F)cc(Br)cc1F)c1cc(Cl)sc1Cl. The zero-order valence-corrected chi connectivity index (χ0v) is 14.0. The van der Waals surface area contributed by atoms with Crippen molar-refractivity contribution in [2.45, 2.75) is 4.90 Å². The van der Waals surface area contributed by atoms with Crippen molar-refractivity contribution < 1.29 is 17.2 Å². The number of sulfonamides is 1. The van der Waals surface area contributed by atoms with Crippen LogP contribution in [0.5, 0.6) is 0 Å². The number of rotatable bonds is 3. The minimum absolute atomic E-state index is 0.0968. The second kappa shape index (κ2) is 5.76. The van der Waals surface area contributed by atoms with Gasteiger partial charge in [-0.1, -0.05) is 39.1 Å². The van der Waals surface area contributed by atoms with Gasteiger partial charge < -0.3 is 0 Å². The van der Waals surface area contributed by atoms with Gasteiger partial charge in [0.25, 0.3) is 10.0 Å². The van der Waals surface area contributed by atoms with Gasteiger partial charge in [-0.2, -0.15) is 0 Å². The summed E-state index contributed by atoms with van der Waals surface area (Å²) in [5.74, 6) is -2.12. The van der Waals surface area contributed by atoms with Crippen molar-refractivity contribution in [2.24, 2.45) is 0 Å². The highest BCUT2D eigenvalue weighted by Crippen LogP contribution is 2.35. The Morgan fingerprint density at radius 2 is 1.70 bits per heavy atom. The molecule has 1 N–H and O–H groups in total. The molecule has 2 rings (SSSR count). The highest BCUT2D eigenvalue weighted by molar-refractivity contribution is 9.10. The molecule has 0 unspecified atom stereocenters. The fourth-order valence-electron chi connectivity index (χ4n) is 1.34. The van der Waals surface area contributed by atoms with Crippen LogP contribution < -0.4 is 4.72 Å². The first-order chi connectivity index (χ1) is 9.20. The molecule has 1 aromatic heterocycles. The average Bonchev–Trinajstić information content (AvgIpc) is 2.64. The van der Waals surface area contributed by atoms with Gasteiger partial charge in [-0.25, -0.2) is 17.2 Å². The van der Waals surface area contributed by atoms with E-state index in [2.05, 4.69) is 15.9 Å². The molecule has 0 radical (unpaired) electrons. The number of hydrogen-bond donors (Lipinski definition) is 1. The summed E-state index contributed by atoms with van der Waals surface area (Å²) in [5, 5.41) is 0. The third kappa shape index (κ3) is 3.25. The van der Waals surface area contributed by atoms with Crippen LogP contribution in [0.25, 0.3) is 0 Å². The molecule has 1 aromatic carbocycles. The Balaban J connectivity index is 2.46. The number of halogens is 5. The van der Waals surface area contributed by atoms with Gasteiger partial charge in [-0.3, -0.25) is 4.72 Å². The normalized spacial score (nSPS) is 11.7. The third-order valence-electron chi connectivity index (χ3n) is 2.16. The van der Waals surface area contributed by atoms with E-state index < -0.39 is 27.3 Å². The third-order valence-corrected chi connectivity index (χ3v) is 5.72. The number of hydrogen-bond acceptors (Lipinski definition) is 3. The number of anilines is 1. The van der Waals surface area contributed by atoms with Gasteiger partial charge in [-0.05, 0) is 18.2 Å². The molecule has 0 saturated heterocycles. The molecular weight excluding hydrogens is 419 g/mol. The predicted octanol–water partition coefficient (Wildman–Crippen LogP) is 4.90. The minimum Gasteiger partial charge on any atom is -0.274 e. The number of benzene rings is 1. The van der Waals surface area contributed by atoms with Crippen molar-refractivity contribution in [2.75, 3.05) is 4.72 Å². The zero-order valence-electron chi connectivity index (χ0n) is 9.25. The van der Waals surface area contributed by atoms with Crippen molar-refractivity contribution >= 4 is 66.2 Å². The first-order valence-electron chi connectivity index (χ1n) is 4.83. The van der Waals surface area contributed by atoms with Crippen LogP contribution >= 0.6 is 50.5 Å². The van der Waals surface area contributed by atoms with E-state index in [9.17, 15) is 17.2 Å². The van der Waals surface area contributed by atoms with Crippen LogP contribution in [0.1, 0.15) is 0 Å². The molecule has 0 aliphatic rings. The molecule has 0 fully saturated rings. The molecule has 108 valence electrons. The summed E-state index contributed by atoms with van der Waals surface area (Å²) in [6.45, 7) is 0. The summed E-state index contributed by atoms with van der Waals surface area (Å²) in [6.07, 6.45) is 0. The van der Waals surface area contributed by atoms with Crippen LogP contribution in [-0.4, -0.2) is 8.42 Å². The van der Waals surface area contributed by atoms with E-state index in [4.69, 9.17) is 23.2 Å². The molecule has 3 nitrogen and oxygen atoms in total. The first-order valence-corrected chi connectivity index (χ1v) is 8.68. The second-order valence-electron chi connectivity index (χ2n) is 3.54. The first kappa shape index (κ1) is 16.0. The number of nitrogens with one attached hydrogen (secondary N) is 1. The average molecular weight is 423 g/mol. The van der Waals surface area contributed by atoms with E-state index in [1.807, 2.05) is 4.72 Å². The van der Waals surface area contributed by atoms with Gasteiger partial charge >= 0.3 is 0 Å². The topological polar surface area (TPSA) is 46.2 Å². The van der Waals surface area contributed by atoms with Crippen molar-refractivity contribution in [3.63, 3.8) is 0 Å². The minimum atomic E-state index is -4.23. The van der Waals surface area contributed by atoms with Gasteiger partial charge in [-0.15, -0.1) is 11.3 Å². The lowest BCUT2D eigenvalue weighted by molar-refractivity contribution is 0.582. The van der Waals surface area contributed by atoms with Crippen molar-refractivity contribution in [1.29, 1.82) is 0 Å². The molecule has 0 spiro atoms. The molecule has 0 atom stereocenters. The van der Waals surface area contributed by atoms with E-state index in [0.717, 1.165) is 29.5 Å². The smallest absolute Gasteiger partial charge is 0.264 e. The predicted molar refractivity (Wildman–Crippen MR) is 79.2 cm³/mol. The Hall–Kier alpha value is -0.410. The summed E-state index contributed by atoms with van der Waals surface area (Å²) >= 11 is 15.1. The fraction of sp³-hybridized carbons (Fsp3) is 0. The van der Waals surface area contributed by atoms with Crippen LogP contribution in [0.15, 0.2) is 27.6 Å². The van der Waals surface area contributed by atoms with Crippen molar-refractivity contribution in [3.8, 4) is 0 Å². The second-order valence-corrected chi connectivity index (χ2v) is 8.39. The van der Waals surface area contributed by atoms with E-state index in [-0.39, 0.29) is 18.0 Å². The van der Waals surface area contributed by atoms with Crippen molar-refractivity contribution in [3.05, 3.63) is 43.0 Å². The van der Waals surface area contributed by atoms with Crippen LogP contribution in [0.3, 0.4) is 0 Å². The van der Waals surface area contributed by atoms with Gasteiger partial charge in [0, 0.05) is 4.47 Å². The quantitative estimate of drug-likeness (QED) is 0.764. The largest absolute Gasteiger partial charge is 0.274 e. The van der Waals surface area contributed by atoms with E-state index in [1.54, 1.807) is 0 Å². The molecular formula is C10H4BrCl2F2NO2S2. The van der Waals surface area contributed by atoms with Gasteiger partial charge in [0.05, 0.1) is 4.34 Å². The van der Waals surface area contributed by atoms with Crippen LogP contribution in [0.4, 0.5) is 14.5 Å².